The first kappa shape index (κ1) is 37.6. The van der Waals surface area contributed by atoms with Crippen LogP contribution in [0.2, 0.25) is 30.7 Å². The summed E-state index contributed by atoms with van der Waals surface area (Å²) in [5.41, 5.74) is 4.31. The summed E-state index contributed by atoms with van der Waals surface area (Å²) in [7, 11) is -3.76. The smallest absolute Gasteiger partial charge is 0.261 e. The Hall–Kier alpha value is -3.68. The molecule has 7 rings (SSSR count). The van der Waals surface area contributed by atoms with Crippen molar-refractivity contribution < 1.29 is 9.16 Å². The lowest BCUT2D eigenvalue weighted by atomic mass is 9.98. The fourth-order valence-electron chi connectivity index (χ4n) is 8.53. The Bertz CT molecular complexity index is 1880. The van der Waals surface area contributed by atoms with Gasteiger partial charge in [0.2, 0.25) is 0 Å². The predicted octanol–water partition coefficient (Wildman–Crippen LogP) is 7.82. The van der Waals surface area contributed by atoms with Gasteiger partial charge in [-0.3, -0.25) is 4.90 Å². The lowest BCUT2D eigenvalue weighted by Gasteiger charge is -2.48. The molecule has 5 heterocycles. The molecule has 0 aliphatic carbocycles. The van der Waals surface area contributed by atoms with Gasteiger partial charge in [0.25, 0.3) is 8.32 Å². The maximum Gasteiger partial charge on any atom is 0.261 e. The fourth-order valence-corrected chi connectivity index (χ4v) is 14.0. The van der Waals surface area contributed by atoms with E-state index >= 15 is 0 Å². The fraction of sp³-hybridized carbons (Fsp3) is 0.465. The third kappa shape index (κ3) is 8.22. The van der Waals surface area contributed by atoms with Crippen LogP contribution in [-0.2, 0) is 15.9 Å². The Morgan fingerprint density at radius 3 is 2.11 bits per heavy atom. The van der Waals surface area contributed by atoms with Crippen molar-refractivity contribution in [2.24, 2.45) is 0 Å². The molecule has 3 aromatic heterocycles. The summed E-state index contributed by atoms with van der Waals surface area (Å²) in [4.78, 5) is 19.0. The summed E-state index contributed by atoms with van der Waals surface area (Å²) in [5, 5.41) is 3.87. The third-order valence-corrected chi connectivity index (χ3v) is 18.1. The second-order valence-corrected chi connectivity index (χ2v) is 27.1. The number of anilines is 1. The maximum absolute atomic E-state index is 7.57. The zero-order valence-corrected chi connectivity index (χ0v) is 34.7. The minimum Gasteiger partial charge on any atom is -0.404 e. The Kier molecular flexibility index (Phi) is 11.3. The van der Waals surface area contributed by atoms with Crippen LogP contribution in [0, 0.1) is 0 Å². The molecule has 2 fully saturated rings. The van der Waals surface area contributed by atoms with Gasteiger partial charge in [0.15, 0.2) is 0 Å². The maximum atomic E-state index is 7.57. The van der Waals surface area contributed by atoms with E-state index in [-0.39, 0.29) is 11.1 Å². The van der Waals surface area contributed by atoms with E-state index in [9.17, 15) is 0 Å². The predicted molar refractivity (Wildman–Crippen MR) is 223 cm³/mol. The zero-order chi connectivity index (χ0) is 37.1. The van der Waals surface area contributed by atoms with Gasteiger partial charge in [-0.25, -0.2) is 15.0 Å². The summed E-state index contributed by atoms with van der Waals surface area (Å²) in [6, 6.07) is 26.0. The number of hydrogen-bond donors (Lipinski definition) is 0. The second kappa shape index (κ2) is 16.0. The van der Waals surface area contributed by atoms with Crippen LogP contribution in [-0.4, -0.2) is 85.7 Å². The van der Waals surface area contributed by atoms with E-state index in [4.69, 9.17) is 14.1 Å². The van der Waals surface area contributed by atoms with Crippen molar-refractivity contribution in [2.75, 3.05) is 37.7 Å². The second-order valence-electron chi connectivity index (χ2n) is 17.3. The summed E-state index contributed by atoms with van der Waals surface area (Å²) in [5.74, 6) is 0. The molecule has 0 saturated carbocycles. The molecule has 8 nitrogen and oxygen atoms in total. The van der Waals surface area contributed by atoms with Gasteiger partial charge < -0.3 is 18.6 Å². The highest BCUT2D eigenvalue weighted by atomic mass is 28.4. The SMILES string of the molecule is CC(C)(C)[Si](OC1CCN([C@H]2CCCN(c3ccnc4c3c(-c3cncnc3)cn4COCC[Si](C)(C)C)C2)CC1)(c1ccccc1)c1ccccc1. The Labute approximate surface area is 318 Å². The first-order chi connectivity index (χ1) is 25.5. The normalized spacial score (nSPS) is 18.2. The minimum atomic E-state index is -2.58. The van der Waals surface area contributed by atoms with E-state index in [1.54, 1.807) is 6.33 Å². The van der Waals surface area contributed by atoms with Crippen LogP contribution >= 0.6 is 0 Å². The molecule has 1 atom stereocenters. The molecule has 2 aromatic carbocycles. The van der Waals surface area contributed by atoms with Gasteiger partial charge in [0.1, 0.15) is 18.7 Å². The molecule has 0 unspecified atom stereocenters. The van der Waals surface area contributed by atoms with Crippen LogP contribution in [0.5, 0.6) is 0 Å². The number of pyridine rings is 1. The van der Waals surface area contributed by atoms with Gasteiger partial charge in [0.05, 0.1) is 5.39 Å². The van der Waals surface area contributed by atoms with Gasteiger partial charge in [-0.15, -0.1) is 0 Å². The first-order valence-corrected chi connectivity index (χ1v) is 25.2. The lowest BCUT2D eigenvalue weighted by Crippen LogP contribution is -2.68. The summed E-state index contributed by atoms with van der Waals surface area (Å²) in [6.45, 7) is 19.7. The summed E-state index contributed by atoms with van der Waals surface area (Å²) >= 11 is 0. The van der Waals surface area contributed by atoms with Gasteiger partial charge in [-0.2, -0.15) is 0 Å². The van der Waals surface area contributed by atoms with Crippen molar-refractivity contribution in [1.29, 1.82) is 0 Å². The molecular weight excluding hydrogens is 689 g/mol. The number of benzene rings is 2. The molecule has 10 heteroatoms. The van der Waals surface area contributed by atoms with Crippen LogP contribution in [0.4, 0.5) is 5.69 Å². The molecule has 5 aromatic rings. The van der Waals surface area contributed by atoms with Gasteiger partial charge in [-0.05, 0) is 53.2 Å². The van der Waals surface area contributed by atoms with Crippen LogP contribution in [0.3, 0.4) is 0 Å². The van der Waals surface area contributed by atoms with Crippen molar-refractivity contribution >= 4 is 43.5 Å². The average Bonchev–Trinajstić information content (AvgIpc) is 3.55. The Morgan fingerprint density at radius 2 is 1.49 bits per heavy atom. The molecule has 2 aliphatic heterocycles. The number of piperidine rings is 2. The van der Waals surface area contributed by atoms with Gasteiger partial charge in [-0.1, -0.05) is 101 Å². The van der Waals surface area contributed by atoms with E-state index in [1.807, 2.05) is 18.6 Å². The minimum absolute atomic E-state index is 0.0175. The number of hydrogen-bond acceptors (Lipinski definition) is 7. The largest absolute Gasteiger partial charge is 0.404 e. The highest BCUT2D eigenvalue weighted by molar-refractivity contribution is 6.99. The molecule has 0 N–H and O–H groups in total. The van der Waals surface area contributed by atoms with Crippen molar-refractivity contribution in [3.63, 3.8) is 0 Å². The van der Waals surface area contributed by atoms with Crippen LogP contribution in [0.1, 0.15) is 46.5 Å². The summed E-state index contributed by atoms with van der Waals surface area (Å²) < 4.78 is 16.0. The molecule has 280 valence electrons. The molecule has 0 bridgehead atoms. The molecule has 53 heavy (non-hydrogen) atoms. The molecule has 0 spiro atoms. The molecule has 0 radical (unpaired) electrons. The van der Waals surface area contributed by atoms with Crippen molar-refractivity contribution in [1.82, 2.24) is 24.4 Å². The zero-order valence-electron chi connectivity index (χ0n) is 32.7. The van der Waals surface area contributed by atoms with Crippen molar-refractivity contribution in [3.8, 4) is 11.1 Å². The number of ether oxygens (including phenoxy) is 1. The standard InChI is InChI=1S/C43H58N6O2Si2/c1-43(2,3)53(37-15-9-7-10-16-37,38-17-11-8-12-18-38)51-36-20-24-47(25-21-36)35-14-13-23-48(30-35)40-19-22-46-42-41(40)39(34-28-44-32-45-29-34)31-49(42)33-50-26-27-52(4,5)6/h7-12,15-19,22,28-29,31-32,35-36H,13-14,20-21,23-27,30,33H2,1-6H3/t35-/m0/s1. The van der Waals surface area contributed by atoms with Crippen LogP contribution in [0.15, 0.2) is 97.8 Å². The van der Waals surface area contributed by atoms with Crippen LogP contribution in [0.25, 0.3) is 22.2 Å². The first-order valence-electron chi connectivity index (χ1n) is 19.6. The van der Waals surface area contributed by atoms with Gasteiger partial charge >= 0.3 is 0 Å². The number of aromatic nitrogens is 4. The molecule has 2 saturated heterocycles. The van der Waals surface area contributed by atoms with E-state index in [0.717, 1.165) is 80.3 Å². The third-order valence-electron chi connectivity index (χ3n) is 11.3. The number of rotatable bonds is 12. The Balaban J connectivity index is 1.09. The molecular formula is C43H58N6O2Si2. The molecule has 0 amide bonds. The lowest BCUT2D eigenvalue weighted by molar-refractivity contribution is 0.0650. The highest BCUT2D eigenvalue weighted by Gasteiger charge is 2.51. The number of likely N-dealkylation sites (tertiary alicyclic amines) is 1. The highest BCUT2D eigenvalue weighted by Crippen LogP contribution is 2.40. The monoisotopic (exact) mass is 746 g/mol. The van der Waals surface area contributed by atoms with E-state index in [2.05, 4.69) is 138 Å². The molecule has 2 aliphatic rings. The summed E-state index contributed by atoms with van der Waals surface area (Å²) in [6.07, 6.45) is 14.3. The number of fused-ring (bicyclic) bond motifs is 1. The van der Waals surface area contributed by atoms with Crippen molar-refractivity contribution in [3.05, 3.63) is 97.8 Å². The Morgan fingerprint density at radius 1 is 0.830 bits per heavy atom. The average molecular weight is 747 g/mol. The van der Waals surface area contributed by atoms with E-state index < -0.39 is 16.4 Å². The van der Waals surface area contributed by atoms with Crippen LogP contribution < -0.4 is 15.3 Å². The quantitative estimate of drug-likeness (QED) is 0.0954. The van der Waals surface area contributed by atoms with E-state index in [1.165, 1.54) is 22.5 Å². The van der Waals surface area contributed by atoms with Gasteiger partial charge in [0, 0.05) is 94.6 Å². The topological polar surface area (TPSA) is 68.5 Å². The van der Waals surface area contributed by atoms with Crippen molar-refractivity contribution in [2.45, 2.75) is 96.1 Å². The van der Waals surface area contributed by atoms with E-state index in [0.29, 0.717) is 12.8 Å². The number of nitrogens with zero attached hydrogens (tertiary/aromatic N) is 6.